The number of benzene rings is 1. The van der Waals surface area contributed by atoms with Crippen LogP contribution in [0.25, 0.3) is 0 Å². The first-order chi connectivity index (χ1) is 9.67. The lowest BCUT2D eigenvalue weighted by Crippen LogP contribution is -2.19. The number of urea groups is 1. The lowest BCUT2D eigenvalue weighted by atomic mass is 10.3. The summed E-state index contributed by atoms with van der Waals surface area (Å²) in [7, 11) is 0. The third-order valence-electron chi connectivity index (χ3n) is 2.05. The first kappa shape index (κ1) is 15.3. The van der Waals surface area contributed by atoms with Crippen LogP contribution in [0.2, 0.25) is 0 Å². The Labute approximate surface area is 138 Å². The summed E-state index contributed by atoms with van der Waals surface area (Å²) < 4.78 is 1.91. The fourth-order valence-electron chi connectivity index (χ4n) is 1.24. The van der Waals surface area contributed by atoms with Gasteiger partial charge < -0.3 is 5.32 Å². The van der Waals surface area contributed by atoms with Gasteiger partial charge in [-0.1, -0.05) is 29.2 Å². The minimum absolute atomic E-state index is 0.331. The van der Waals surface area contributed by atoms with Crippen LogP contribution in [0, 0.1) is 3.57 Å². The molecular formula is C12H11IN4OS2. The van der Waals surface area contributed by atoms with E-state index in [0.717, 1.165) is 19.4 Å². The van der Waals surface area contributed by atoms with Gasteiger partial charge in [0.05, 0.1) is 0 Å². The molecule has 0 saturated carbocycles. The van der Waals surface area contributed by atoms with Crippen LogP contribution < -0.4 is 10.6 Å². The number of anilines is 2. The number of hydrogen-bond donors (Lipinski definition) is 2. The molecule has 104 valence electrons. The van der Waals surface area contributed by atoms with Crippen molar-refractivity contribution in [3.05, 3.63) is 40.5 Å². The van der Waals surface area contributed by atoms with Gasteiger partial charge in [0.2, 0.25) is 5.13 Å². The van der Waals surface area contributed by atoms with Gasteiger partial charge in [-0.2, -0.15) is 0 Å². The molecule has 2 aromatic rings. The van der Waals surface area contributed by atoms with Gasteiger partial charge in [-0.25, -0.2) is 4.79 Å². The predicted octanol–water partition coefficient (Wildman–Crippen LogP) is 4.06. The smallest absolute Gasteiger partial charge is 0.308 e. The van der Waals surface area contributed by atoms with Gasteiger partial charge >= 0.3 is 6.03 Å². The minimum atomic E-state index is -0.331. The van der Waals surface area contributed by atoms with E-state index in [4.69, 9.17) is 0 Å². The van der Waals surface area contributed by atoms with E-state index in [1.807, 2.05) is 24.3 Å². The van der Waals surface area contributed by atoms with Gasteiger partial charge in [0.25, 0.3) is 0 Å². The Morgan fingerprint density at radius 3 is 2.80 bits per heavy atom. The van der Waals surface area contributed by atoms with E-state index in [1.54, 1.807) is 6.08 Å². The number of amides is 2. The Balaban J connectivity index is 1.89. The van der Waals surface area contributed by atoms with Crippen molar-refractivity contribution in [1.29, 1.82) is 0 Å². The summed E-state index contributed by atoms with van der Waals surface area (Å²) in [5.41, 5.74) is 0.730. The average Bonchev–Trinajstić information content (AvgIpc) is 2.86. The standard InChI is InChI=1S/C12H11IN4OS2/c1-2-7-19-12-17-16-11(20-12)15-10(18)14-9-5-3-8(13)4-6-9/h2-6H,1,7H2,(H2,14,15,16,18). The molecule has 0 aliphatic heterocycles. The summed E-state index contributed by atoms with van der Waals surface area (Å²) in [5.74, 6) is 0.767. The zero-order chi connectivity index (χ0) is 14.4. The third-order valence-corrected chi connectivity index (χ3v) is 4.74. The molecule has 2 amide bonds. The quantitative estimate of drug-likeness (QED) is 0.333. The number of halogens is 1. The third kappa shape index (κ3) is 4.76. The number of thioether (sulfide) groups is 1. The van der Waals surface area contributed by atoms with Crippen LogP contribution in [0.15, 0.2) is 41.3 Å². The van der Waals surface area contributed by atoms with Gasteiger partial charge in [0.15, 0.2) is 4.34 Å². The zero-order valence-electron chi connectivity index (χ0n) is 10.3. The van der Waals surface area contributed by atoms with E-state index < -0.39 is 0 Å². The lowest BCUT2D eigenvalue weighted by Gasteiger charge is -2.04. The van der Waals surface area contributed by atoms with Crippen molar-refractivity contribution in [2.45, 2.75) is 4.34 Å². The van der Waals surface area contributed by atoms with Gasteiger partial charge in [-0.3, -0.25) is 5.32 Å². The largest absolute Gasteiger partial charge is 0.325 e. The van der Waals surface area contributed by atoms with Crippen LogP contribution in [-0.4, -0.2) is 22.0 Å². The van der Waals surface area contributed by atoms with Crippen molar-refractivity contribution in [2.24, 2.45) is 0 Å². The molecule has 0 fully saturated rings. The monoisotopic (exact) mass is 418 g/mol. The first-order valence-corrected chi connectivity index (χ1v) is 8.46. The molecular weight excluding hydrogens is 407 g/mol. The molecule has 0 saturated heterocycles. The topological polar surface area (TPSA) is 66.9 Å². The Kier molecular flexibility index (Phi) is 5.80. The second kappa shape index (κ2) is 7.60. The van der Waals surface area contributed by atoms with Gasteiger partial charge in [-0.15, -0.1) is 16.8 Å². The summed E-state index contributed by atoms with van der Waals surface area (Å²) in [5, 5.41) is 13.7. The predicted molar refractivity (Wildman–Crippen MR) is 92.6 cm³/mol. The molecule has 0 aliphatic rings. The SMILES string of the molecule is C=CCSc1nnc(NC(=O)Nc2ccc(I)cc2)s1. The Morgan fingerprint density at radius 1 is 1.35 bits per heavy atom. The van der Waals surface area contributed by atoms with E-state index >= 15 is 0 Å². The molecule has 1 heterocycles. The number of nitrogens with zero attached hydrogens (tertiary/aromatic N) is 2. The fraction of sp³-hybridized carbons (Fsp3) is 0.0833. The maximum Gasteiger partial charge on any atom is 0.325 e. The normalized spacial score (nSPS) is 10.1. The molecule has 0 bridgehead atoms. The molecule has 1 aromatic heterocycles. The molecule has 0 unspecified atom stereocenters. The highest BCUT2D eigenvalue weighted by atomic mass is 127. The van der Waals surface area contributed by atoms with Crippen molar-refractivity contribution < 1.29 is 4.79 Å². The number of hydrogen-bond acceptors (Lipinski definition) is 5. The molecule has 0 radical (unpaired) electrons. The van der Waals surface area contributed by atoms with Crippen LogP contribution >= 0.6 is 45.7 Å². The van der Waals surface area contributed by atoms with E-state index in [9.17, 15) is 4.79 Å². The van der Waals surface area contributed by atoms with Gasteiger partial charge in [0.1, 0.15) is 0 Å². The summed E-state index contributed by atoms with van der Waals surface area (Å²) in [6.07, 6.45) is 1.79. The zero-order valence-corrected chi connectivity index (χ0v) is 14.1. The van der Waals surface area contributed by atoms with Crippen molar-refractivity contribution in [3.8, 4) is 0 Å². The average molecular weight is 418 g/mol. The van der Waals surface area contributed by atoms with Crippen LogP contribution in [0.1, 0.15) is 0 Å². The Bertz CT molecular complexity index is 600. The first-order valence-electron chi connectivity index (χ1n) is 5.58. The van der Waals surface area contributed by atoms with Crippen LogP contribution in [0.4, 0.5) is 15.6 Å². The summed E-state index contributed by atoms with van der Waals surface area (Å²) in [6, 6.07) is 7.19. The van der Waals surface area contributed by atoms with E-state index in [1.165, 1.54) is 23.1 Å². The lowest BCUT2D eigenvalue weighted by molar-refractivity contribution is 0.262. The molecule has 20 heavy (non-hydrogen) atoms. The minimum Gasteiger partial charge on any atom is -0.308 e. The molecule has 2 rings (SSSR count). The molecule has 0 atom stereocenters. The molecule has 8 heteroatoms. The highest BCUT2D eigenvalue weighted by molar-refractivity contribution is 14.1. The van der Waals surface area contributed by atoms with Crippen molar-refractivity contribution in [3.63, 3.8) is 0 Å². The van der Waals surface area contributed by atoms with Crippen LogP contribution in [-0.2, 0) is 0 Å². The number of rotatable bonds is 5. The highest BCUT2D eigenvalue weighted by Gasteiger charge is 2.08. The molecule has 5 nitrogen and oxygen atoms in total. The maximum absolute atomic E-state index is 11.8. The summed E-state index contributed by atoms with van der Waals surface area (Å²) in [4.78, 5) is 11.8. The fourth-order valence-corrected chi connectivity index (χ4v) is 3.11. The van der Waals surface area contributed by atoms with Gasteiger partial charge in [0, 0.05) is 15.0 Å². The highest BCUT2D eigenvalue weighted by Crippen LogP contribution is 2.25. The molecule has 2 N–H and O–H groups in total. The van der Waals surface area contributed by atoms with Crippen molar-refractivity contribution in [2.75, 3.05) is 16.4 Å². The summed E-state index contributed by atoms with van der Waals surface area (Å²) >= 11 is 5.07. The van der Waals surface area contributed by atoms with Crippen LogP contribution in [0.3, 0.4) is 0 Å². The number of nitrogens with one attached hydrogen (secondary N) is 2. The number of carbonyl (C=O) groups excluding carboxylic acids is 1. The Morgan fingerprint density at radius 2 is 2.10 bits per heavy atom. The molecule has 1 aromatic carbocycles. The number of aromatic nitrogens is 2. The second-order valence-electron chi connectivity index (χ2n) is 3.56. The van der Waals surface area contributed by atoms with Crippen LogP contribution in [0.5, 0.6) is 0 Å². The second-order valence-corrected chi connectivity index (χ2v) is 7.05. The van der Waals surface area contributed by atoms with E-state index in [-0.39, 0.29) is 6.03 Å². The summed E-state index contributed by atoms with van der Waals surface area (Å²) in [6.45, 7) is 3.64. The molecule has 0 spiro atoms. The van der Waals surface area contributed by atoms with Gasteiger partial charge in [-0.05, 0) is 46.9 Å². The van der Waals surface area contributed by atoms with E-state index in [2.05, 4.69) is 50.0 Å². The number of carbonyl (C=O) groups is 1. The van der Waals surface area contributed by atoms with E-state index in [0.29, 0.717) is 5.13 Å². The van der Waals surface area contributed by atoms with Crippen molar-refractivity contribution >= 4 is 62.5 Å². The molecule has 0 aliphatic carbocycles. The maximum atomic E-state index is 11.8. The Hall–Kier alpha value is -1.13. The van der Waals surface area contributed by atoms with Crippen molar-refractivity contribution in [1.82, 2.24) is 10.2 Å².